The van der Waals surface area contributed by atoms with Crippen molar-refractivity contribution < 1.29 is 4.79 Å². The van der Waals surface area contributed by atoms with E-state index in [0.29, 0.717) is 12.1 Å². The molecule has 0 aliphatic heterocycles. The summed E-state index contributed by atoms with van der Waals surface area (Å²) in [7, 11) is 1.62. The maximum Gasteiger partial charge on any atom is 0.251 e. The first kappa shape index (κ1) is 15.0. The summed E-state index contributed by atoms with van der Waals surface area (Å²) in [6, 6.07) is 7.32. The Morgan fingerprint density at radius 1 is 1.24 bits per heavy atom. The fourth-order valence-corrected chi connectivity index (χ4v) is 1.78. The van der Waals surface area contributed by atoms with Crippen LogP contribution in [0.5, 0.6) is 0 Å². The molecule has 0 atom stereocenters. The van der Waals surface area contributed by atoms with Gasteiger partial charge in [-0.15, -0.1) is 5.10 Å². The number of carbonyl (C=O) groups is 1. The molecule has 6 nitrogen and oxygen atoms in total. The monoisotopic (exact) mass is 287 g/mol. The summed E-state index contributed by atoms with van der Waals surface area (Å²) in [4.78, 5) is 11.4. The summed E-state index contributed by atoms with van der Waals surface area (Å²) in [5.41, 5.74) is 2.38. The molecule has 0 fully saturated rings. The zero-order chi connectivity index (χ0) is 15.5. The van der Waals surface area contributed by atoms with Crippen LogP contribution in [0.4, 0.5) is 5.69 Å². The number of hydrogen-bond donors (Lipinski definition) is 2. The van der Waals surface area contributed by atoms with Gasteiger partial charge in [-0.3, -0.25) is 4.79 Å². The smallest absolute Gasteiger partial charge is 0.251 e. The van der Waals surface area contributed by atoms with Gasteiger partial charge in [-0.05, 0) is 45.0 Å². The molecule has 0 spiro atoms. The second kappa shape index (κ2) is 5.95. The molecule has 0 bridgehead atoms. The minimum Gasteiger partial charge on any atom is -0.379 e. The molecule has 0 saturated heterocycles. The highest BCUT2D eigenvalue weighted by Gasteiger charge is 2.14. The largest absolute Gasteiger partial charge is 0.379 e. The number of aromatic nitrogens is 3. The van der Waals surface area contributed by atoms with Crippen LogP contribution in [0, 0.1) is 0 Å². The number of anilines is 1. The molecular formula is C15H21N5O. The number of nitrogens with zero attached hydrogens (tertiary/aromatic N) is 3. The SMILES string of the molecule is CNC(=O)c1ccc(NCc2cn(C(C)(C)C)nn2)cc1. The Balaban J connectivity index is 1.97. The van der Waals surface area contributed by atoms with Crippen LogP contribution in [0.1, 0.15) is 36.8 Å². The van der Waals surface area contributed by atoms with Gasteiger partial charge in [-0.25, -0.2) is 4.68 Å². The predicted molar refractivity (Wildman–Crippen MR) is 82.2 cm³/mol. The molecule has 1 heterocycles. The number of benzene rings is 1. The molecule has 21 heavy (non-hydrogen) atoms. The molecule has 2 rings (SSSR count). The summed E-state index contributed by atoms with van der Waals surface area (Å²) >= 11 is 0. The molecule has 1 amide bonds. The van der Waals surface area contributed by atoms with E-state index in [-0.39, 0.29) is 11.4 Å². The molecule has 1 aromatic carbocycles. The van der Waals surface area contributed by atoms with Crippen molar-refractivity contribution in [1.29, 1.82) is 0 Å². The summed E-state index contributed by atoms with van der Waals surface area (Å²) in [6.07, 6.45) is 1.94. The van der Waals surface area contributed by atoms with E-state index in [1.165, 1.54) is 0 Å². The maximum absolute atomic E-state index is 11.4. The topological polar surface area (TPSA) is 71.8 Å². The number of nitrogens with one attached hydrogen (secondary N) is 2. The molecule has 0 aliphatic rings. The molecule has 2 aromatic rings. The molecule has 0 saturated carbocycles. The minimum atomic E-state index is -0.0883. The molecule has 6 heteroatoms. The lowest BCUT2D eigenvalue weighted by Gasteiger charge is -2.17. The summed E-state index contributed by atoms with van der Waals surface area (Å²) in [6.45, 7) is 6.83. The molecule has 0 unspecified atom stereocenters. The van der Waals surface area contributed by atoms with Gasteiger partial charge >= 0.3 is 0 Å². The lowest BCUT2D eigenvalue weighted by Crippen LogP contribution is -2.22. The van der Waals surface area contributed by atoms with Crippen LogP contribution in [0.2, 0.25) is 0 Å². The van der Waals surface area contributed by atoms with Gasteiger partial charge in [0.15, 0.2) is 0 Å². The van der Waals surface area contributed by atoms with E-state index in [2.05, 4.69) is 41.7 Å². The first-order valence-corrected chi connectivity index (χ1v) is 6.88. The van der Waals surface area contributed by atoms with Crippen molar-refractivity contribution in [2.45, 2.75) is 32.9 Å². The standard InChI is InChI=1S/C15H21N5O/c1-15(2,3)20-10-13(18-19-20)9-17-12-7-5-11(6-8-12)14(21)16-4/h5-8,10,17H,9H2,1-4H3,(H,16,21). The van der Waals surface area contributed by atoms with Crippen molar-refractivity contribution in [3.63, 3.8) is 0 Å². The zero-order valence-corrected chi connectivity index (χ0v) is 12.8. The first-order valence-electron chi connectivity index (χ1n) is 6.88. The molecular weight excluding hydrogens is 266 g/mol. The van der Waals surface area contributed by atoms with Crippen LogP contribution in [0.25, 0.3) is 0 Å². The third-order valence-electron chi connectivity index (χ3n) is 3.08. The lowest BCUT2D eigenvalue weighted by molar-refractivity contribution is 0.0963. The van der Waals surface area contributed by atoms with E-state index in [1.54, 1.807) is 19.2 Å². The van der Waals surface area contributed by atoms with Crippen molar-refractivity contribution in [2.24, 2.45) is 0 Å². The zero-order valence-electron chi connectivity index (χ0n) is 12.8. The predicted octanol–water partition coefficient (Wildman–Crippen LogP) is 2.00. The van der Waals surface area contributed by atoms with E-state index in [9.17, 15) is 4.79 Å². The van der Waals surface area contributed by atoms with Gasteiger partial charge in [-0.2, -0.15) is 0 Å². The van der Waals surface area contributed by atoms with E-state index < -0.39 is 0 Å². The van der Waals surface area contributed by atoms with Crippen molar-refractivity contribution in [2.75, 3.05) is 12.4 Å². The van der Waals surface area contributed by atoms with E-state index >= 15 is 0 Å². The Bertz CT molecular complexity index is 610. The third-order valence-corrected chi connectivity index (χ3v) is 3.08. The number of hydrogen-bond acceptors (Lipinski definition) is 4. The van der Waals surface area contributed by atoms with Crippen LogP contribution in [0.3, 0.4) is 0 Å². The normalized spacial score (nSPS) is 11.2. The van der Waals surface area contributed by atoms with Crippen LogP contribution in [-0.4, -0.2) is 27.9 Å². The lowest BCUT2D eigenvalue weighted by atomic mass is 10.1. The summed E-state index contributed by atoms with van der Waals surface area (Å²) in [5, 5.41) is 14.1. The Morgan fingerprint density at radius 2 is 1.90 bits per heavy atom. The Morgan fingerprint density at radius 3 is 2.43 bits per heavy atom. The van der Waals surface area contributed by atoms with Gasteiger partial charge in [-0.1, -0.05) is 5.21 Å². The molecule has 2 N–H and O–H groups in total. The van der Waals surface area contributed by atoms with E-state index in [1.807, 2.05) is 23.0 Å². The van der Waals surface area contributed by atoms with Gasteiger partial charge in [0.25, 0.3) is 5.91 Å². The van der Waals surface area contributed by atoms with Crippen molar-refractivity contribution in [1.82, 2.24) is 20.3 Å². The molecule has 0 radical (unpaired) electrons. The Hall–Kier alpha value is -2.37. The fraction of sp³-hybridized carbons (Fsp3) is 0.400. The van der Waals surface area contributed by atoms with Crippen molar-refractivity contribution in [3.05, 3.63) is 41.7 Å². The number of rotatable bonds is 4. The molecule has 112 valence electrons. The van der Waals surface area contributed by atoms with Crippen LogP contribution < -0.4 is 10.6 Å². The van der Waals surface area contributed by atoms with Gasteiger partial charge in [0.05, 0.1) is 18.3 Å². The number of amides is 1. The highest BCUT2D eigenvalue weighted by Crippen LogP contribution is 2.13. The van der Waals surface area contributed by atoms with Gasteiger partial charge in [0, 0.05) is 18.3 Å². The van der Waals surface area contributed by atoms with Gasteiger partial charge in [0.2, 0.25) is 0 Å². The summed E-state index contributed by atoms with van der Waals surface area (Å²) in [5.74, 6) is -0.0883. The van der Waals surface area contributed by atoms with Crippen molar-refractivity contribution in [3.8, 4) is 0 Å². The molecule has 1 aromatic heterocycles. The number of carbonyl (C=O) groups excluding carboxylic acids is 1. The highest BCUT2D eigenvalue weighted by molar-refractivity contribution is 5.94. The third kappa shape index (κ3) is 3.81. The highest BCUT2D eigenvalue weighted by atomic mass is 16.1. The Kier molecular flexibility index (Phi) is 4.26. The van der Waals surface area contributed by atoms with E-state index in [0.717, 1.165) is 11.4 Å². The first-order chi connectivity index (χ1) is 9.90. The second-order valence-corrected chi connectivity index (χ2v) is 5.84. The second-order valence-electron chi connectivity index (χ2n) is 5.84. The fourth-order valence-electron chi connectivity index (χ4n) is 1.78. The van der Waals surface area contributed by atoms with Crippen LogP contribution >= 0.6 is 0 Å². The van der Waals surface area contributed by atoms with Crippen LogP contribution in [-0.2, 0) is 12.1 Å². The Labute approximate surface area is 124 Å². The summed E-state index contributed by atoms with van der Waals surface area (Å²) < 4.78 is 1.85. The van der Waals surface area contributed by atoms with Crippen LogP contribution in [0.15, 0.2) is 30.5 Å². The molecule has 0 aliphatic carbocycles. The average molecular weight is 287 g/mol. The maximum atomic E-state index is 11.4. The quantitative estimate of drug-likeness (QED) is 0.902. The van der Waals surface area contributed by atoms with Gasteiger partial charge in [0.1, 0.15) is 5.69 Å². The average Bonchev–Trinajstić information content (AvgIpc) is 2.94. The van der Waals surface area contributed by atoms with E-state index in [4.69, 9.17) is 0 Å². The van der Waals surface area contributed by atoms with Gasteiger partial charge < -0.3 is 10.6 Å². The minimum absolute atomic E-state index is 0.0690. The van der Waals surface area contributed by atoms with Crippen molar-refractivity contribution >= 4 is 11.6 Å².